The zero-order valence-corrected chi connectivity index (χ0v) is 10.1. The van der Waals surface area contributed by atoms with E-state index < -0.39 is 4.92 Å². The van der Waals surface area contributed by atoms with E-state index in [0.29, 0.717) is 17.5 Å². The molecule has 1 aliphatic rings. The average molecular weight is 237 g/mol. The molecule has 0 aromatic carbocycles. The summed E-state index contributed by atoms with van der Waals surface area (Å²) in [6.07, 6.45) is 2.00. The molecule has 0 aliphatic heterocycles. The van der Waals surface area contributed by atoms with Crippen LogP contribution in [0.15, 0.2) is 0 Å². The molecule has 2 rings (SSSR count). The van der Waals surface area contributed by atoms with Gasteiger partial charge in [-0.3, -0.25) is 10.1 Å². The fourth-order valence-corrected chi connectivity index (χ4v) is 1.58. The lowest BCUT2D eigenvalue weighted by atomic mass is 10.3. The van der Waals surface area contributed by atoms with Gasteiger partial charge in [0.25, 0.3) is 0 Å². The van der Waals surface area contributed by atoms with Gasteiger partial charge in [0.05, 0.1) is 4.92 Å². The Balaban J connectivity index is 2.44. The third-order valence-corrected chi connectivity index (χ3v) is 2.88. The molecule has 92 valence electrons. The lowest BCUT2D eigenvalue weighted by Crippen LogP contribution is -2.19. The van der Waals surface area contributed by atoms with Crippen LogP contribution < -0.4 is 10.6 Å². The summed E-state index contributed by atoms with van der Waals surface area (Å²) in [5.41, 5.74) is 0.259. The maximum atomic E-state index is 11.0. The number of rotatable bonds is 4. The minimum absolute atomic E-state index is 0.0443. The largest absolute Gasteiger partial charge is 0.359 e. The topological polar surface area (TPSA) is 93.0 Å². The second-order valence-electron chi connectivity index (χ2n) is 4.52. The van der Waals surface area contributed by atoms with E-state index in [1.165, 1.54) is 0 Å². The van der Waals surface area contributed by atoms with Gasteiger partial charge in [0, 0.05) is 12.6 Å². The number of aryl methyl sites for hydroxylation is 1. The predicted octanol–water partition coefficient (Wildman–Crippen LogP) is 1.70. The van der Waals surface area contributed by atoms with Gasteiger partial charge < -0.3 is 10.6 Å². The maximum absolute atomic E-state index is 11.0. The Kier molecular flexibility index (Phi) is 2.60. The first-order valence-electron chi connectivity index (χ1n) is 5.44. The number of nitro groups is 1. The molecule has 0 unspecified atom stereocenters. The minimum Gasteiger partial charge on any atom is -0.359 e. The summed E-state index contributed by atoms with van der Waals surface area (Å²) in [6, 6.07) is 0. The molecule has 0 bridgehead atoms. The van der Waals surface area contributed by atoms with Gasteiger partial charge in [-0.2, -0.15) is 4.98 Å². The average Bonchev–Trinajstić information content (AvgIpc) is 2.94. The number of nitrogens with zero attached hydrogens (tertiary/aromatic N) is 3. The summed E-state index contributed by atoms with van der Waals surface area (Å²) in [6.45, 7) is 3.63. The van der Waals surface area contributed by atoms with Gasteiger partial charge in [0.1, 0.15) is 5.69 Å². The smallest absolute Gasteiger partial charge is 0.332 e. The van der Waals surface area contributed by atoms with Crippen molar-refractivity contribution in [3.8, 4) is 0 Å². The van der Waals surface area contributed by atoms with Crippen LogP contribution >= 0.6 is 0 Å². The van der Waals surface area contributed by atoms with Gasteiger partial charge in [-0.25, -0.2) is 4.98 Å². The Hall–Kier alpha value is -1.92. The van der Waals surface area contributed by atoms with E-state index in [-0.39, 0.29) is 11.2 Å². The first kappa shape index (κ1) is 11.6. The van der Waals surface area contributed by atoms with Crippen LogP contribution in [0.1, 0.15) is 25.5 Å². The van der Waals surface area contributed by atoms with Gasteiger partial charge in [-0.05, 0) is 26.7 Å². The van der Waals surface area contributed by atoms with Crippen molar-refractivity contribution in [2.45, 2.75) is 32.2 Å². The quantitative estimate of drug-likeness (QED) is 0.611. The normalized spacial score (nSPS) is 16.4. The lowest BCUT2D eigenvalue weighted by molar-refractivity contribution is -0.385. The van der Waals surface area contributed by atoms with Crippen LogP contribution in [0.3, 0.4) is 0 Å². The first-order valence-corrected chi connectivity index (χ1v) is 5.44. The van der Waals surface area contributed by atoms with E-state index in [4.69, 9.17) is 0 Å². The van der Waals surface area contributed by atoms with Gasteiger partial charge in [-0.15, -0.1) is 0 Å². The molecular weight excluding hydrogens is 222 g/mol. The predicted molar refractivity (Wildman–Crippen MR) is 64.2 cm³/mol. The van der Waals surface area contributed by atoms with Crippen molar-refractivity contribution in [1.29, 1.82) is 0 Å². The second-order valence-corrected chi connectivity index (χ2v) is 4.52. The van der Waals surface area contributed by atoms with E-state index in [1.807, 2.05) is 6.92 Å². The Morgan fingerprint density at radius 1 is 1.41 bits per heavy atom. The molecule has 7 heteroatoms. The van der Waals surface area contributed by atoms with Crippen molar-refractivity contribution >= 4 is 17.5 Å². The van der Waals surface area contributed by atoms with Crippen LogP contribution in [0.25, 0.3) is 0 Å². The van der Waals surface area contributed by atoms with E-state index in [9.17, 15) is 10.1 Å². The van der Waals surface area contributed by atoms with Crippen molar-refractivity contribution < 1.29 is 4.92 Å². The standard InChI is InChI=1S/C10H15N5O2/c1-6-7(15(16)17)8(13-9(11-3)12-6)14-10(2)4-5-10/h4-5H2,1-3H3,(H2,11,12,13,14). The highest BCUT2D eigenvalue weighted by Gasteiger charge is 2.39. The molecule has 1 aromatic rings. The molecule has 0 saturated heterocycles. The monoisotopic (exact) mass is 237 g/mol. The number of nitrogens with one attached hydrogen (secondary N) is 2. The van der Waals surface area contributed by atoms with Crippen LogP contribution in [0, 0.1) is 17.0 Å². The number of hydrogen-bond acceptors (Lipinski definition) is 6. The molecule has 0 radical (unpaired) electrons. The maximum Gasteiger partial charge on any atom is 0.332 e. The highest BCUT2D eigenvalue weighted by molar-refractivity contribution is 5.62. The Morgan fingerprint density at radius 2 is 2.06 bits per heavy atom. The van der Waals surface area contributed by atoms with E-state index >= 15 is 0 Å². The minimum atomic E-state index is -0.442. The van der Waals surface area contributed by atoms with Gasteiger partial charge in [-0.1, -0.05) is 0 Å². The fourth-order valence-electron chi connectivity index (χ4n) is 1.58. The highest BCUT2D eigenvalue weighted by atomic mass is 16.6. The van der Waals surface area contributed by atoms with Crippen LogP contribution in [0.2, 0.25) is 0 Å². The fraction of sp³-hybridized carbons (Fsp3) is 0.600. The highest BCUT2D eigenvalue weighted by Crippen LogP contribution is 2.40. The molecule has 1 aliphatic carbocycles. The Labute approximate surface area is 98.8 Å². The zero-order valence-electron chi connectivity index (χ0n) is 10.1. The molecule has 1 fully saturated rings. The van der Waals surface area contributed by atoms with E-state index in [0.717, 1.165) is 12.8 Å². The molecule has 1 aromatic heterocycles. The Bertz CT molecular complexity index is 470. The van der Waals surface area contributed by atoms with Crippen molar-refractivity contribution in [2.75, 3.05) is 17.7 Å². The second kappa shape index (κ2) is 3.83. The van der Waals surface area contributed by atoms with Gasteiger partial charge in [0.2, 0.25) is 11.8 Å². The Morgan fingerprint density at radius 3 is 2.53 bits per heavy atom. The summed E-state index contributed by atoms with van der Waals surface area (Å²) in [5.74, 6) is 0.687. The lowest BCUT2D eigenvalue weighted by Gasteiger charge is -2.13. The molecular formula is C10H15N5O2. The van der Waals surface area contributed by atoms with Gasteiger partial charge in [0.15, 0.2) is 0 Å². The van der Waals surface area contributed by atoms with Crippen molar-refractivity contribution in [3.05, 3.63) is 15.8 Å². The van der Waals surface area contributed by atoms with Crippen LogP contribution in [0.5, 0.6) is 0 Å². The molecule has 0 spiro atoms. The zero-order chi connectivity index (χ0) is 12.6. The molecule has 0 amide bonds. The summed E-state index contributed by atoms with van der Waals surface area (Å²) < 4.78 is 0. The molecule has 17 heavy (non-hydrogen) atoms. The summed E-state index contributed by atoms with van der Waals surface area (Å²) in [7, 11) is 1.68. The molecule has 0 atom stereocenters. The molecule has 7 nitrogen and oxygen atoms in total. The van der Waals surface area contributed by atoms with Gasteiger partial charge >= 0.3 is 5.69 Å². The third kappa shape index (κ3) is 2.27. The molecule has 1 heterocycles. The summed E-state index contributed by atoms with van der Waals surface area (Å²) in [4.78, 5) is 18.7. The van der Waals surface area contributed by atoms with Crippen molar-refractivity contribution in [3.63, 3.8) is 0 Å². The number of aromatic nitrogens is 2. The summed E-state index contributed by atoms with van der Waals surface area (Å²) >= 11 is 0. The van der Waals surface area contributed by atoms with Crippen molar-refractivity contribution in [1.82, 2.24) is 9.97 Å². The first-order chi connectivity index (χ1) is 7.95. The van der Waals surface area contributed by atoms with E-state index in [2.05, 4.69) is 20.6 Å². The van der Waals surface area contributed by atoms with Crippen molar-refractivity contribution in [2.24, 2.45) is 0 Å². The van der Waals surface area contributed by atoms with Crippen LogP contribution in [0.4, 0.5) is 17.5 Å². The van der Waals surface area contributed by atoms with Crippen LogP contribution in [-0.2, 0) is 0 Å². The molecule has 2 N–H and O–H groups in total. The third-order valence-electron chi connectivity index (χ3n) is 2.88. The van der Waals surface area contributed by atoms with Crippen LogP contribution in [-0.4, -0.2) is 27.5 Å². The number of anilines is 2. The number of hydrogen-bond donors (Lipinski definition) is 2. The summed E-state index contributed by atoms with van der Waals surface area (Å²) in [5, 5.41) is 16.9. The molecule has 1 saturated carbocycles. The SMILES string of the molecule is CNc1nc(C)c([N+](=O)[O-])c(NC2(C)CC2)n1. The van der Waals surface area contributed by atoms with E-state index in [1.54, 1.807) is 14.0 Å².